The molecule has 37 heavy (non-hydrogen) atoms. The zero-order valence-corrected chi connectivity index (χ0v) is 21.4. The first kappa shape index (κ1) is 26.0. The number of ether oxygens (including phenoxy) is 2. The smallest absolute Gasteiger partial charge is 0.338 e. The molecule has 4 aromatic rings. The number of carbonyl (C=O) groups is 1. The van der Waals surface area contributed by atoms with Crippen molar-refractivity contribution in [2.24, 2.45) is 0 Å². The van der Waals surface area contributed by atoms with Gasteiger partial charge in [0.15, 0.2) is 0 Å². The molecule has 0 radical (unpaired) electrons. The molecule has 0 unspecified atom stereocenters. The van der Waals surface area contributed by atoms with Crippen molar-refractivity contribution in [2.45, 2.75) is 33.1 Å². The first-order valence-corrected chi connectivity index (χ1v) is 11.8. The highest BCUT2D eigenvalue weighted by Gasteiger charge is 2.34. The number of pyridine rings is 1. The second kappa shape index (κ2) is 10.1. The topological polar surface area (TPSA) is 96.5 Å². The summed E-state index contributed by atoms with van der Waals surface area (Å²) < 4.78 is 26.4. The van der Waals surface area contributed by atoms with Crippen LogP contribution in [0.15, 0.2) is 54.6 Å². The van der Waals surface area contributed by atoms with Gasteiger partial charge in [-0.05, 0) is 55.8 Å². The highest BCUT2D eigenvalue weighted by Crippen LogP contribution is 2.44. The Kier molecular flexibility index (Phi) is 7.09. The minimum absolute atomic E-state index is 0.107. The molecule has 0 N–H and O–H groups in total. The molecule has 0 fully saturated rings. The Morgan fingerprint density at radius 3 is 2.35 bits per heavy atom. The monoisotopic (exact) mass is 505 g/mol. The largest absolute Gasteiger partial charge is 0.462 e. The summed E-state index contributed by atoms with van der Waals surface area (Å²) in [6, 6.07) is 14.4. The van der Waals surface area contributed by atoms with Crippen molar-refractivity contribution in [3.05, 3.63) is 87.5 Å². The lowest BCUT2D eigenvalue weighted by molar-refractivity contribution is -0.385. The van der Waals surface area contributed by atoms with E-state index in [9.17, 15) is 19.3 Å². The highest BCUT2D eigenvalue weighted by molar-refractivity contribution is 6.00. The molecule has 0 amide bonds. The van der Waals surface area contributed by atoms with Gasteiger partial charge in [-0.25, -0.2) is 14.2 Å². The summed E-state index contributed by atoms with van der Waals surface area (Å²) in [6.45, 7) is 7.93. The van der Waals surface area contributed by atoms with E-state index in [0.717, 1.165) is 11.3 Å². The first-order chi connectivity index (χ1) is 17.6. The van der Waals surface area contributed by atoms with Gasteiger partial charge < -0.3 is 9.47 Å². The zero-order valence-electron chi connectivity index (χ0n) is 21.4. The Bertz CT molecular complexity index is 1470. The van der Waals surface area contributed by atoms with E-state index in [1.54, 1.807) is 57.4 Å². The Morgan fingerprint density at radius 2 is 1.78 bits per heavy atom. The van der Waals surface area contributed by atoms with Crippen molar-refractivity contribution in [1.82, 2.24) is 9.55 Å². The predicted molar refractivity (Wildman–Crippen MR) is 139 cm³/mol. The summed E-state index contributed by atoms with van der Waals surface area (Å²) in [4.78, 5) is 28.3. The fourth-order valence-electron chi connectivity index (χ4n) is 4.66. The van der Waals surface area contributed by atoms with E-state index in [-0.39, 0.29) is 23.8 Å². The summed E-state index contributed by atoms with van der Waals surface area (Å²) in [6.07, 6.45) is 0. The van der Waals surface area contributed by atoms with Gasteiger partial charge in [0.25, 0.3) is 5.69 Å². The number of carbonyl (C=O) groups excluding carboxylic acids is 1. The highest BCUT2D eigenvalue weighted by atomic mass is 19.1. The van der Waals surface area contributed by atoms with Crippen molar-refractivity contribution in [1.29, 1.82) is 0 Å². The molecule has 0 aliphatic heterocycles. The van der Waals surface area contributed by atoms with E-state index < -0.39 is 16.3 Å². The number of nitro groups is 1. The van der Waals surface area contributed by atoms with Gasteiger partial charge >= 0.3 is 5.97 Å². The molecule has 192 valence electrons. The molecule has 0 aliphatic carbocycles. The number of esters is 1. The van der Waals surface area contributed by atoms with Crippen LogP contribution >= 0.6 is 0 Å². The molecule has 2 aromatic carbocycles. The lowest BCUT2D eigenvalue weighted by Gasteiger charge is -2.28. The van der Waals surface area contributed by atoms with E-state index >= 15 is 0 Å². The maximum Gasteiger partial charge on any atom is 0.338 e. The molecule has 2 heterocycles. The third-order valence-electron chi connectivity index (χ3n) is 6.22. The van der Waals surface area contributed by atoms with Crippen molar-refractivity contribution >= 4 is 22.7 Å². The van der Waals surface area contributed by atoms with Crippen LogP contribution in [-0.2, 0) is 14.9 Å². The molecular formula is C28H28FN3O5. The second-order valence-electron chi connectivity index (χ2n) is 9.37. The number of nitrogens with zero attached hydrogens (tertiary/aromatic N) is 3. The third-order valence-corrected chi connectivity index (χ3v) is 6.22. The van der Waals surface area contributed by atoms with E-state index in [0.29, 0.717) is 34.5 Å². The van der Waals surface area contributed by atoms with Crippen LogP contribution in [0.5, 0.6) is 0 Å². The number of rotatable bonds is 8. The van der Waals surface area contributed by atoms with Crippen LogP contribution in [0.2, 0.25) is 0 Å². The fraction of sp³-hybridized carbons (Fsp3) is 0.286. The van der Waals surface area contributed by atoms with Gasteiger partial charge in [0.2, 0.25) is 0 Å². The second-order valence-corrected chi connectivity index (χ2v) is 9.37. The minimum Gasteiger partial charge on any atom is -0.462 e. The molecule has 0 aliphatic rings. The lowest BCUT2D eigenvalue weighted by atomic mass is 9.84. The van der Waals surface area contributed by atoms with Gasteiger partial charge in [0.1, 0.15) is 17.2 Å². The summed E-state index contributed by atoms with van der Waals surface area (Å²) in [5.41, 5.74) is 3.34. The molecule has 9 heteroatoms. The fourth-order valence-corrected chi connectivity index (χ4v) is 4.66. The van der Waals surface area contributed by atoms with Gasteiger partial charge in [0.05, 0.1) is 23.7 Å². The summed E-state index contributed by atoms with van der Waals surface area (Å²) >= 11 is 0. The third kappa shape index (κ3) is 4.82. The number of hydrogen-bond donors (Lipinski definition) is 0. The number of aromatic nitrogens is 2. The van der Waals surface area contributed by atoms with Gasteiger partial charge in [-0.15, -0.1) is 0 Å². The van der Waals surface area contributed by atoms with Crippen LogP contribution in [0.1, 0.15) is 42.5 Å². The zero-order chi connectivity index (χ0) is 26.9. The first-order valence-electron chi connectivity index (χ1n) is 11.8. The van der Waals surface area contributed by atoms with Crippen LogP contribution in [-0.4, -0.2) is 40.8 Å². The molecule has 0 atom stereocenters. The number of halogens is 1. The quantitative estimate of drug-likeness (QED) is 0.162. The number of methoxy groups -OCH3 is 1. The van der Waals surface area contributed by atoms with Crippen molar-refractivity contribution in [2.75, 3.05) is 20.3 Å². The van der Waals surface area contributed by atoms with E-state index in [4.69, 9.17) is 9.47 Å². The SMILES string of the molecule is CCOC(=O)c1ccc(-c2c(C(C)(C)COC)n(-c3ccc(F)cc3)c3nc(C)c([N+](=O)[O-])cc23)cc1. The Labute approximate surface area is 213 Å². The summed E-state index contributed by atoms with van der Waals surface area (Å²) in [5, 5.41) is 12.4. The number of fused-ring (bicyclic) bond motifs is 1. The minimum atomic E-state index is -0.596. The molecular weight excluding hydrogens is 477 g/mol. The Balaban J connectivity index is 2.13. The molecule has 0 spiro atoms. The molecule has 4 rings (SSSR count). The normalized spacial score (nSPS) is 11.6. The van der Waals surface area contributed by atoms with Crippen LogP contribution in [0.4, 0.5) is 10.1 Å². The van der Waals surface area contributed by atoms with Crippen LogP contribution in [0, 0.1) is 22.9 Å². The Morgan fingerprint density at radius 1 is 1.14 bits per heavy atom. The average molecular weight is 506 g/mol. The van der Waals surface area contributed by atoms with E-state index in [1.165, 1.54) is 18.2 Å². The van der Waals surface area contributed by atoms with Crippen LogP contribution in [0.25, 0.3) is 27.8 Å². The van der Waals surface area contributed by atoms with Gasteiger partial charge in [-0.2, -0.15) is 0 Å². The van der Waals surface area contributed by atoms with E-state index in [1.807, 2.05) is 18.4 Å². The van der Waals surface area contributed by atoms with Gasteiger partial charge in [-0.3, -0.25) is 14.7 Å². The maximum atomic E-state index is 13.8. The molecule has 2 aromatic heterocycles. The van der Waals surface area contributed by atoms with Gasteiger partial charge in [0, 0.05) is 40.9 Å². The summed E-state index contributed by atoms with van der Waals surface area (Å²) in [7, 11) is 1.60. The average Bonchev–Trinajstić information content (AvgIpc) is 3.19. The standard InChI is InChI=1S/C28H28FN3O5/c1-6-37-27(33)19-9-7-18(8-10-19)24-22-15-23(32(34)35)17(2)30-26(22)31(21-13-11-20(29)12-14-21)25(24)28(3,4)16-36-5/h7-15H,6,16H2,1-5H3. The molecule has 8 nitrogen and oxygen atoms in total. The molecule has 0 bridgehead atoms. The van der Waals surface area contributed by atoms with Crippen molar-refractivity contribution in [3.8, 4) is 16.8 Å². The van der Waals surface area contributed by atoms with E-state index in [2.05, 4.69) is 4.98 Å². The number of benzene rings is 2. The van der Waals surface area contributed by atoms with Crippen LogP contribution in [0.3, 0.4) is 0 Å². The number of aryl methyl sites for hydroxylation is 1. The van der Waals surface area contributed by atoms with Crippen LogP contribution < -0.4 is 0 Å². The van der Waals surface area contributed by atoms with Crippen molar-refractivity contribution < 1.29 is 23.6 Å². The maximum absolute atomic E-state index is 13.8. The molecule has 0 saturated heterocycles. The van der Waals surface area contributed by atoms with Crippen molar-refractivity contribution in [3.63, 3.8) is 0 Å². The predicted octanol–water partition coefficient (Wildman–Crippen LogP) is 6.15. The number of hydrogen-bond acceptors (Lipinski definition) is 6. The Hall–Kier alpha value is -4.11. The van der Waals surface area contributed by atoms with Gasteiger partial charge in [-0.1, -0.05) is 26.0 Å². The lowest BCUT2D eigenvalue weighted by Crippen LogP contribution is -2.27. The molecule has 0 saturated carbocycles. The summed E-state index contributed by atoms with van der Waals surface area (Å²) in [5.74, 6) is -0.817.